The van der Waals surface area contributed by atoms with Crippen LogP contribution in [0.2, 0.25) is 0 Å². The average molecular weight is 287 g/mol. The van der Waals surface area contributed by atoms with E-state index < -0.39 is 0 Å². The number of rotatable bonds is 3. The Morgan fingerprint density at radius 2 is 2.05 bits per heavy atom. The molecule has 2 aliphatic rings. The molecule has 2 bridgehead atoms. The van der Waals surface area contributed by atoms with Gasteiger partial charge in [-0.25, -0.2) is 4.39 Å². The average Bonchev–Trinajstić information content (AvgIpc) is 2.46. The van der Waals surface area contributed by atoms with Crippen molar-refractivity contribution < 1.29 is 4.39 Å². The molecule has 0 radical (unpaired) electrons. The lowest BCUT2D eigenvalue weighted by Gasteiger charge is -2.47. The van der Waals surface area contributed by atoms with E-state index >= 15 is 0 Å². The van der Waals surface area contributed by atoms with E-state index in [1.165, 1.54) is 25.3 Å². The number of piperidine rings is 2. The highest BCUT2D eigenvalue weighted by Gasteiger charge is 2.35. The van der Waals surface area contributed by atoms with Gasteiger partial charge in [0, 0.05) is 30.2 Å². The summed E-state index contributed by atoms with van der Waals surface area (Å²) >= 11 is 0. The van der Waals surface area contributed by atoms with Crippen LogP contribution in [-0.2, 0) is 6.54 Å². The van der Waals surface area contributed by atoms with E-state index in [2.05, 4.69) is 17.3 Å². The first-order chi connectivity index (χ1) is 10.2. The van der Waals surface area contributed by atoms with Gasteiger partial charge in [-0.2, -0.15) is 5.26 Å². The number of benzene rings is 1. The zero-order chi connectivity index (χ0) is 14.8. The van der Waals surface area contributed by atoms with Crippen LogP contribution in [0.25, 0.3) is 0 Å². The molecule has 3 nitrogen and oxygen atoms in total. The Morgan fingerprint density at radius 1 is 1.33 bits per heavy atom. The summed E-state index contributed by atoms with van der Waals surface area (Å²) in [5.41, 5.74) is 1.03. The second kappa shape index (κ2) is 6.13. The summed E-state index contributed by atoms with van der Waals surface area (Å²) in [6.45, 7) is 0.547. The van der Waals surface area contributed by atoms with Gasteiger partial charge in [-0.3, -0.25) is 0 Å². The van der Waals surface area contributed by atoms with Crippen LogP contribution in [0.3, 0.4) is 0 Å². The zero-order valence-electron chi connectivity index (χ0n) is 12.5. The van der Waals surface area contributed by atoms with Crippen molar-refractivity contribution in [3.63, 3.8) is 0 Å². The standard InChI is InChI=1S/C17H22FN3/c1-21-15-3-2-4-16(21)9-14(8-15)20-11-13-6-5-12(10-19)7-17(13)18/h5-7,14-16,20H,2-4,8-9,11H2,1H3. The second-order valence-electron chi connectivity index (χ2n) is 6.37. The van der Waals surface area contributed by atoms with Gasteiger partial charge in [-0.05, 0) is 44.9 Å². The molecule has 21 heavy (non-hydrogen) atoms. The van der Waals surface area contributed by atoms with Crippen LogP contribution in [0.15, 0.2) is 18.2 Å². The minimum absolute atomic E-state index is 0.283. The van der Waals surface area contributed by atoms with Crippen LogP contribution < -0.4 is 5.32 Å². The summed E-state index contributed by atoms with van der Waals surface area (Å²) in [6, 6.07) is 8.53. The predicted octanol–water partition coefficient (Wildman–Crippen LogP) is 2.80. The van der Waals surface area contributed by atoms with Crippen LogP contribution in [0, 0.1) is 17.1 Å². The summed E-state index contributed by atoms with van der Waals surface area (Å²) in [4.78, 5) is 2.53. The van der Waals surface area contributed by atoms with Gasteiger partial charge < -0.3 is 10.2 Å². The molecule has 1 N–H and O–H groups in total. The second-order valence-corrected chi connectivity index (χ2v) is 6.37. The topological polar surface area (TPSA) is 39.1 Å². The fourth-order valence-corrected chi connectivity index (χ4v) is 3.80. The van der Waals surface area contributed by atoms with E-state index in [1.807, 2.05) is 6.07 Å². The monoisotopic (exact) mass is 287 g/mol. The minimum Gasteiger partial charge on any atom is -0.310 e. The maximum Gasteiger partial charge on any atom is 0.129 e. The molecule has 2 saturated heterocycles. The van der Waals surface area contributed by atoms with E-state index in [0.29, 0.717) is 35.8 Å². The maximum atomic E-state index is 13.9. The molecule has 0 amide bonds. The third-order valence-corrected chi connectivity index (χ3v) is 5.10. The third-order valence-electron chi connectivity index (χ3n) is 5.10. The highest BCUT2D eigenvalue weighted by Crippen LogP contribution is 2.32. The van der Waals surface area contributed by atoms with E-state index in [-0.39, 0.29) is 5.82 Å². The smallest absolute Gasteiger partial charge is 0.129 e. The van der Waals surface area contributed by atoms with Gasteiger partial charge in [0.15, 0.2) is 0 Å². The number of hydrogen-bond donors (Lipinski definition) is 1. The van der Waals surface area contributed by atoms with Gasteiger partial charge in [0.25, 0.3) is 0 Å². The molecule has 0 spiro atoms. The number of fused-ring (bicyclic) bond motifs is 2. The normalized spacial score (nSPS) is 29.1. The van der Waals surface area contributed by atoms with Gasteiger partial charge in [0.05, 0.1) is 11.6 Å². The summed E-state index contributed by atoms with van der Waals surface area (Å²) < 4.78 is 13.9. The quantitative estimate of drug-likeness (QED) is 0.929. The van der Waals surface area contributed by atoms with Crippen molar-refractivity contribution in [2.24, 2.45) is 0 Å². The first kappa shape index (κ1) is 14.5. The SMILES string of the molecule is CN1C2CCCC1CC(NCc1ccc(C#N)cc1F)C2. The van der Waals surface area contributed by atoms with Crippen molar-refractivity contribution in [3.8, 4) is 6.07 Å². The number of halogens is 1. The first-order valence-corrected chi connectivity index (χ1v) is 7.81. The highest BCUT2D eigenvalue weighted by molar-refractivity contribution is 5.32. The van der Waals surface area contributed by atoms with Crippen LogP contribution in [0.4, 0.5) is 4.39 Å². The fourth-order valence-electron chi connectivity index (χ4n) is 3.80. The van der Waals surface area contributed by atoms with Crippen LogP contribution in [0.5, 0.6) is 0 Å². The van der Waals surface area contributed by atoms with Crippen LogP contribution >= 0.6 is 0 Å². The third kappa shape index (κ3) is 3.09. The van der Waals surface area contributed by atoms with Crippen molar-refractivity contribution in [1.82, 2.24) is 10.2 Å². The van der Waals surface area contributed by atoms with Crippen LogP contribution in [0.1, 0.15) is 43.2 Å². The van der Waals surface area contributed by atoms with Crippen molar-refractivity contribution in [2.45, 2.75) is 56.8 Å². The largest absolute Gasteiger partial charge is 0.310 e. The molecule has 2 atom stereocenters. The molecule has 0 aliphatic carbocycles. The summed E-state index contributed by atoms with van der Waals surface area (Å²) in [5.74, 6) is -0.283. The van der Waals surface area contributed by atoms with Gasteiger partial charge in [-0.1, -0.05) is 12.5 Å². The van der Waals surface area contributed by atoms with Crippen molar-refractivity contribution >= 4 is 0 Å². The molecule has 2 fully saturated rings. The van der Waals surface area contributed by atoms with Gasteiger partial charge >= 0.3 is 0 Å². The van der Waals surface area contributed by atoms with Gasteiger partial charge in [0.1, 0.15) is 5.82 Å². The van der Waals surface area contributed by atoms with Gasteiger partial charge in [-0.15, -0.1) is 0 Å². The molecule has 2 aliphatic heterocycles. The molecular formula is C17H22FN3. The van der Waals surface area contributed by atoms with Crippen molar-refractivity contribution in [2.75, 3.05) is 7.05 Å². The first-order valence-electron chi connectivity index (χ1n) is 7.81. The fraction of sp³-hybridized carbons (Fsp3) is 0.588. The Balaban J connectivity index is 1.60. The predicted molar refractivity (Wildman–Crippen MR) is 80.2 cm³/mol. The van der Waals surface area contributed by atoms with Crippen molar-refractivity contribution in [3.05, 3.63) is 35.1 Å². The maximum absolute atomic E-state index is 13.9. The number of nitrogens with zero attached hydrogens (tertiary/aromatic N) is 2. The van der Waals surface area contributed by atoms with E-state index in [4.69, 9.17) is 5.26 Å². The molecule has 3 rings (SSSR count). The molecule has 4 heteroatoms. The van der Waals surface area contributed by atoms with E-state index in [1.54, 1.807) is 12.1 Å². The number of nitriles is 1. The Kier molecular flexibility index (Phi) is 4.23. The number of nitrogens with one attached hydrogen (secondary N) is 1. The lowest BCUT2D eigenvalue weighted by atomic mass is 9.82. The van der Waals surface area contributed by atoms with Gasteiger partial charge in [0.2, 0.25) is 0 Å². The molecule has 1 aromatic carbocycles. The molecule has 2 heterocycles. The lowest BCUT2D eigenvalue weighted by Crippen LogP contribution is -2.54. The number of hydrogen-bond acceptors (Lipinski definition) is 3. The Morgan fingerprint density at radius 3 is 2.67 bits per heavy atom. The Hall–Kier alpha value is -1.44. The highest BCUT2D eigenvalue weighted by atomic mass is 19.1. The molecular weight excluding hydrogens is 265 g/mol. The Bertz CT molecular complexity index is 537. The molecule has 1 aromatic rings. The summed E-state index contributed by atoms with van der Waals surface area (Å²) in [6.07, 6.45) is 6.24. The zero-order valence-corrected chi connectivity index (χ0v) is 12.5. The summed E-state index contributed by atoms with van der Waals surface area (Å²) in [7, 11) is 2.24. The molecule has 0 aromatic heterocycles. The Labute approximate surface area is 125 Å². The van der Waals surface area contributed by atoms with Crippen LogP contribution in [-0.4, -0.2) is 30.1 Å². The minimum atomic E-state index is -0.283. The molecule has 2 unspecified atom stereocenters. The van der Waals surface area contributed by atoms with E-state index in [9.17, 15) is 4.39 Å². The summed E-state index contributed by atoms with van der Waals surface area (Å²) in [5, 5.41) is 12.3. The van der Waals surface area contributed by atoms with Crippen molar-refractivity contribution in [1.29, 1.82) is 5.26 Å². The molecule has 112 valence electrons. The molecule has 0 saturated carbocycles. The lowest BCUT2D eigenvalue weighted by molar-refractivity contribution is 0.0482. The van der Waals surface area contributed by atoms with E-state index in [0.717, 1.165) is 12.8 Å².